The van der Waals surface area contributed by atoms with Crippen LogP contribution < -0.4 is 4.74 Å². The molecule has 14 heavy (non-hydrogen) atoms. The van der Waals surface area contributed by atoms with Gasteiger partial charge in [0.05, 0.1) is 6.61 Å². The summed E-state index contributed by atoms with van der Waals surface area (Å²) < 4.78 is 5.70. The van der Waals surface area contributed by atoms with Gasteiger partial charge in [-0.1, -0.05) is 32.0 Å². The van der Waals surface area contributed by atoms with Crippen molar-refractivity contribution in [3.8, 4) is 5.75 Å². The molecule has 0 N–H and O–H groups in total. The third kappa shape index (κ3) is 1.52. The minimum atomic E-state index is -0.0148. The molecule has 0 spiro atoms. The van der Waals surface area contributed by atoms with Crippen molar-refractivity contribution in [2.45, 2.75) is 31.4 Å². The van der Waals surface area contributed by atoms with Crippen molar-refractivity contribution in [1.82, 2.24) is 0 Å². The lowest BCUT2D eigenvalue weighted by Gasteiger charge is -2.24. The van der Waals surface area contributed by atoms with Crippen LogP contribution in [0, 0.1) is 6.92 Å². The van der Waals surface area contributed by atoms with E-state index in [0.717, 1.165) is 12.4 Å². The number of thiol groups is 1. The molecule has 0 saturated heterocycles. The van der Waals surface area contributed by atoms with Crippen LogP contribution in [-0.2, 0) is 0 Å². The summed E-state index contributed by atoms with van der Waals surface area (Å²) in [7, 11) is 0. The van der Waals surface area contributed by atoms with Gasteiger partial charge in [-0.15, -0.1) is 0 Å². The number of benzene rings is 1. The van der Waals surface area contributed by atoms with E-state index in [1.807, 2.05) is 0 Å². The summed E-state index contributed by atoms with van der Waals surface area (Å²) in [5, 5.41) is 0. The smallest absolute Gasteiger partial charge is 0.125 e. The van der Waals surface area contributed by atoms with E-state index in [4.69, 9.17) is 4.74 Å². The van der Waals surface area contributed by atoms with Gasteiger partial charge in [-0.25, -0.2) is 0 Å². The topological polar surface area (TPSA) is 9.23 Å². The van der Waals surface area contributed by atoms with Gasteiger partial charge in [0.15, 0.2) is 0 Å². The third-order valence-electron chi connectivity index (χ3n) is 2.86. The van der Waals surface area contributed by atoms with Crippen LogP contribution in [0.4, 0.5) is 0 Å². The fourth-order valence-electron chi connectivity index (χ4n) is 1.99. The first-order valence-electron chi connectivity index (χ1n) is 4.95. The van der Waals surface area contributed by atoms with Crippen molar-refractivity contribution >= 4 is 12.6 Å². The van der Waals surface area contributed by atoms with E-state index >= 15 is 0 Å². The Morgan fingerprint density at radius 1 is 1.43 bits per heavy atom. The molecule has 0 aromatic heterocycles. The van der Waals surface area contributed by atoms with E-state index in [0.29, 0.717) is 5.92 Å². The number of aryl methyl sites for hydroxylation is 1. The van der Waals surface area contributed by atoms with E-state index < -0.39 is 0 Å². The maximum Gasteiger partial charge on any atom is 0.125 e. The second-order valence-electron chi connectivity index (χ2n) is 4.51. The quantitative estimate of drug-likeness (QED) is 0.697. The monoisotopic (exact) mass is 208 g/mol. The van der Waals surface area contributed by atoms with Crippen LogP contribution in [0.2, 0.25) is 0 Å². The van der Waals surface area contributed by atoms with Crippen LogP contribution in [0.3, 0.4) is 0 Å². The lowest BCUT2D eigenvalue weighted by Crippen LogP contribution is -2.23. The Labute approximate surface area is 90.9 Å². The maximum atomic E-state index is 5.72. The minimum Gasteiger partial charge on any atom is -0.492 e. The van der Waals surface area contributed by atoms with Gasteiger partial charge < -0.3 is 4.74 Å². The normalized spacial score (nSPS) is 20.4. The highest BCUT2D eigenvalue weighted by Gasteiger charge is 2.35. The molecule has 1 atom stereocenters. The largest absolute Gasteiger partial charge is 0.492 e. The van der Waals surface area contributed by atoms with Crippen molar-refractivity contribution in [2.24, 2.45) is 0 Å². The average Bonchev–Trinajstić information content (AvgIpc) is 2.47. The van der Waals surface area contributed by atoms with Crippen molar-refractivity contribution in [2.75, 3.05) is 6.61 Å². The summed E-state index contributed by atoms with van der Waals surface area (Å²) in [6, 6.07) is 6.33. The minimum absolute atomic E-state index is 0.0148. The fourth-order valence-corrected chi connectivity index (χ4v) is 2.20. The Morgan fingerprint density at radius 2 is 2.14 bits per heavy atom. The number of para-hydroxylation sites is 1. The number of hydrogen-bond donors (Lipinski definition) is 1. The molecule has 0 aliphatic carbocycles. The molecule has 2 rings (SSSR count). The van der Waals surface area contributed by atoms with E-state index in [1.165, 1.54) is 11.1 Å². The Kier molecular flexibility index (Phi) is 2.26. The molecule has 1 nitrogen and oxygen atoms in total. The lowest BCUT2D eigenvalue weighted by atomic mass is 9.89. The number of fused-ring (bicyclic) bond motifs is 1. The van der Waals surface area contributed by atoms with E-state index in [2.05, 4.69) is 51.6 Å². The van der Waals surface area contributed by atoms with Crippen molar-refractivity contribution in [3.63, 3.8) is 0 Å². The summed E-state index contributed by atoms with van der Waals surface area (Å²) in [5.74, 6) is 1.47. The Hall–Kier alpha value is -0.630. The first-order chi connectivity index (χ1) is 6.50. The zero-order chi connectivity index (χ0) is 10.3. The first kappa shape index (κ1) is 9.91. The summed E-state index contributed by atoms with van der Waals surface area (Å²) in [6.07, 6.45) is 0. The highest BCUT2D eigenvalue weighted by atomic mass is 32.1. The summed E-state index contributed by atoms with van der Waals surface area (Å²) in [5.41, 5.74) is 2.53. The van der Waals surface area contributed by atoms with E-state index in [9.17, 15) is 0 Å². The van der Waals surface area contributed by atoms with E-state index in [1.54, 1.807) is 0 Å². The molecule has 2 heteroatoms. The Bertz CT molecular complexity index is 352. The zero-order valence-corrected chi connectivity index (χ0v) is 9.77. The van der Waals surface area contributed by atoms with Crippen LogP contribution >= 0.6 is 12.6 Å². The van der Waals surface area contributed by atoms with Gasteiger partial charge in [0.1, 0.15) is 5.75 Å². The lowest BCUT2D eigenvalue weighted by molar-refractivity contribution is 0.313. The molecule has 1 aliphatic rings. The molecule has 1 aliphatic heterocycles. The van der Waals surface area contributed by atoms with Crippen LogP contribution in [0.5, 0.6) is 5.75 Å². The van der Waals surface area contributed by atoms with Crippen LogP contribution in [-0.4, -0.2) is 11.4 Å². The number of rotatable bonds is 1. The molecular formula is C12H16OS. The highest BCUT2D eigenvalue weighted by molar-refractivity contribution is 7.81. The molecule has 0 bridgehead atoms. The Morgan fingerprint density at radius 3 is 2.79 bits per heavy atom. The molecule has 0 radical (unpaired) electrons. The molecule has 0 saturated carbocycles. The second-order valence-corrected chi connectivity index (χ2v) is 5.66. The van der Waals surface area contributed by atoms with Gasteiger partial charge in [-0.05, 0) is 12.5 Å². The van der Waals surface area contributed by atoms with Crippen molar-refractivity contribution < 1.29 is 4.74 Å². The molecule has 1 aromatic rings. The number of hydrogen-bond acceptors (Lipinski definition) is 2. The fraction of sp³-hybridized carbons (Fsp3) is 0.500. The summed E-state index contributed by atoms with van der Waals surface area (Å²) >= 11 is 4.63. The summed E-state index contributed by atoms with van der Waals surface area (Å²) in [4.78, 5) is 0. The molecular weight excluding hydrogens is 192 g/mol. The zero-order valence-electron chi connectivity index (χ0n) is 8.87. The van der Waals surface area contributed by atoms with Gasteiger partial charge in [-0.3, -0.25) is 0 Å². The predicted octanol–water partition coefficient (Wildman–Crippen LogP) is 3.18. The predicted molar refractivity (Wildman–Crippen MR) is 62.5 cm³/mol. The maximum absolute atomic E-state index is 5.72. The third-order valence-corrected chi connectivity index (χ3v) is 3.18. The molecule has 0 amide bonds. The van der Waals surface area contributed by atoms with Gasteiger partial charge in [0.2, 0.25) is 0 Å². The first-order valence-corrected chi connectivity index (χ1v) is 5.39. The van der Waals surface area contributed by atoms with Gasteiger partial charge in [-0.2, -0.15) is 12.6 Å². The van der Waals surface area contributed by atoms with Gasteiger partial charge in [0.25, 0.3) is 0 Å². The SMILES string of the molecule is Cc1cccc2c1OC[C@H]2C(C)(C)S. The van der Waals surface area contributed by atoms with Gasteiger partial charge >= 0.3 is 0 Å². The van der Waals surface area contributed by atoms with E-state index in [-0.39, 0.29) is 4.75 Å². The van der Waals surface area contributed by atoms with Crippen LogP contribution in [0.25, 0.3) is 0 Å². The molecule has 76 valence electrons. The second kappa shape index (κ2) is 3.20. The standard InChI is InChI=1S/C12H16OS/c1-8-5-4-6-9-10(12(2,3)14)7-13-11(8)9/h4-6,10,14H,7H2,1-3H3/t10-/m1/s1. The van der Waals surface area contributed by atoms with Crippen LogP contribution in [0.1, 0.15) is 30.9 Å². The molecule has 1 heterocycles. The molecule has 0 fully saturated rings. The van der Waals surface area contributed by atoms with Crippen LogP contribution in [0.15, 0.2) is 18.2 Å². The van der Waals surface area contributed by atoms with Gasteiger partial charge in [0, 0.05) is 16.2 Å². The molecule has 1 aromatic carbocycles. The Balaban J connectivity index is 2.45. The average molecular weight is 208 g/mol. The highest BCUT2D eigenvalue weighted by Crippen LogP contribution is 2.43. The van der Waals surface area contributed by atoms with Crippen molar-refractivity contribution in [3.05, 3.63) is 29.3 Å². The summed E-state index contributed by atoms with van der Waals surface area (Å²) in [6.45, 7) is 7.13. The molecule has 0 unspecified atom stereocenters. The number of ether oxygens (including phenoxy) is 1. The van der Waals surface area contributed by atoms with Crippen molar-refractivity contribution in [1.29, 1.82) is 0 Å².